The molecule has 3 atom stereocenters. The van der Waals surface area contributed by atoms with Gasteiger partial charge in [-0.15, -0.1) is 0 Å². The Morgan fingerprint density at radius 3 is 2.70 bits per heavy atom. The second-order valence-corrected chi connectivity index (χ2v) is 2.69. The van der Waals surface area contributed by atoms with Gasteiger partial charge in [-0.3, -0.25) is 0 Å². The predicted molar refractivity (Wildman–Crippen MR) is 39.4 cm³/mol. The maximum atomic E-state index is 9.21. The number of hydrogen-bond acceptors (Lipinski definition) is 3. The molecule has 10 heavy (non-hydrogen) atoms. The molecule has 1 saturated heterocycles. The Hall–Kier alpha value is -0.0551. The van der Waals surface area contributed by atoms with Crippen LogP contribution in [0.1, 0.15) is 6.42 Å². The summed E-state index contributed by atoms with van der Waals surface area (Å²) in [4.78, 5) is 0. The molecule has 1 rings (SSSR count). The Kier molecular flexibility index (Phi) is 2.71. The van der Waals surface area contributed by atoms with Crippen LogP contribution >= 0.6 is 0 Å². The highest BCUT2D eigenvalue weighted by Gasteiger charge is 2.31. The van der Waals surface area contributed by atoms with Crippen LogP contribution in [-0.4, -0.2) is 42.3 Å². The molecule has 2 N–H and O–H groups in total. The molecule has 0 spiro atoms. The Balaban J connectivity index is 2.36. The molecule has 4 heteroatoms. The molecule has 0 aromatic rings. The highest BCUT2D eigenvalue weighted by molar-refractivity contribution is 6.35. The van der Waals surface area contributed by atoms with Gasteiger partial charge in [-0.1, -0.05) is 6.82 Å². The summed E-state index contributed by atoms with van der Waals surface area (Å²) in [6.45, 7) is 1.94. The second kappa shape index (κ2) is 3.37. The topological polar surface area (TPSA) is 49.7 Å². The molecule has 1 aliphatic heterocycles. The van der Waals surface area contributed by atoms with Crippen LogP contribution in [0.3, 0.4) is 0 Å². The Morgan fingerprint density at radius 2 is 2.40 bits per heavy atom. The van der Waals surface area contributed by atoms with Crippen LogP contribution in [0.2, 0.25) is 6.82 Å². The van der Waals surface area contributed by atoms with Gasteiger partial charge in [0.1, 0.15) is 6.10 Å². The lowest BCUT2D eigenvalue weighted by Crippen LogP contribution is -2.24. The van der Waals surface area contributed by atoms with E-state index >= 15 is 0 Å². The minimum Gasteiger partial charge on any atom is -0.394 e. The monoisotopic (exact) mass is 144 g/mol. The van der Waals surface area contributed by atoms with Gasteiger partial charge >= 0.3 is 0 Å². The molecule has 1 aliphatic rings. The van der Waals surface area contributed by atoms with Crippen molar-refractivity contribution < 1.29 is 14.9 Å². The van der Waals surface area contributed by atoms with Crippen LogP contribution in [-0.2, 0) is 4.74 Å². The molecule has 58 valence electrons. The zero-order chi connectivity index (χ0) is 7.56. The van der Waals surface area contributed by atoms with Gasteiger partial charge in [-0.25, -0.2) is 0 Å². The van der Waals surface area contributed by atoms with E-state index in [1.165, 1.54) is 0 Å². The minimum absolute atomic E-state index is 0.0718. The smallest absolute Gasteiger partial charge is 0.154 e. The third kappa shape index (κ3) is 1.51. The summed E-state index contributed by atoms with van der Waals surface area (Å²) in [5, 5.41) is 17.9. The normalized spacial score (nSPS) is 40.1. The largest absolute Gasteiger partial charge is 0.394 e. The van der Waals surface area contributed by atoms with E-state index in [4.69, 9.17) is 9.84 Å². The van der Waals surface area contributed by atoms with E-state index in [1.54, 1.807) is 0 Å². The molecule has 0 unspecified atom stereocenters. The fourth-order valence-corrected chi connectivity index (χ4v) is 1.24. The summed E-state index contributed by atoms with van der Waals surface area (Å²) in [6.07, 6.45) is -0.137. The molecule has 0 amide bonds. The van der Waals surface area contributed by atoms with E-state index in [1.807, 2.05) is 6.82 Å². The second-order valence-electron chi connectivity index (χ2n) is 2.69. The molecule has 0 saturated carbocycles. The standard InChI is InChI=1S/C6H13BO3/c1-7-6-2-4(9)5(3-8)10-6/h4-9H,2-3H2,1H3/t4-,5-,6-/m1/s1. The molecule has 0 aliphatic carbocycles. The zero-order valence-electron chi connectivity index (χ0n) is 6.16. The molecule has 1 fully saturated rings. The molecule has 1 heterocycles. The number of hydrogen-bond donors (Lipinski definition) is 2. The lowest BCUT2D eigenvalue weighted by atomic mass is 9.73. The van der Waals surface area contributed by atoms with Gasteiger partial charge in [0.15, 0.2) is 7.28 Å². The quantitative estimate of drug-likeness (QED) is 0.485. The van der Waals surface area contributed by atoms with Gasteiger partial charge in [0.2, 0.25) is 0 Å². The van der Waals surface area contributed by atoms with Crippen molar-refractivity contribution >= 4 is 7.28 Å². The van der Waals surface area contributed by atoms with Gasteiger partial charge in [0.25, 0.3) is 0 Å². The number of ether oxygens (including phenoxy) is 1. The fraction of sp³-hybridized carbons (Fsp3) is 1.00. The molecule has 0 aromatic carbocycles. The summed E-state index contributed by atoms with van der Waals surface area (Å²) >= 11 is 0. The van der Waals surface area contributed by atoms with Crippen molar-refractivity contribution in [2.75, 3.05) is 6.61 Å². The zero-order valence-corrected chi connectivity index (χ0v) is 6.16. The van der Waals surface area contributed by atoms with Crippen LogP contribution in [0.15, 0.2) is 0 Å². The van der Waals surface area contributed by atoms with Crippen LogP contribution in [0.4, 0.5) is 0 Å². The Labute approximate surface area is 61.2 Å². The average molecular weight is 144 g/mol. The van der Waals surface area contributed by atoms with Gasteiger partial charge < -0.3 is 14.9 Å². The van der Waals surface area contributed by atoms with E-state index in [0.29, 0.717) is 6.42 Å². The predicted octanol–water partition coefficient (Wildman–Crippen LogP) is -1.06. The van der Waals surface area contributed by atoms with Crippen molar-refractivity contribution in [3.8, 4) is 0 Å². The first kappa shape index (κ1) is 8.05. The van der Waals surface area contributed by atoms with Crippen molar-refractivity contribution in [3.63, 3.8) is 0 Å². The van der Waals surface area contributed by atoms with Gasteiger partial charge in [-0.05, 0) is 6.42 Å². The summed E-state index contributed by atoms with van der Waals surface area (Å²) in [7, 11) is 0.910. The number of aliphatic hydroxyl groups is 2. The first-order valence-electron chi connectivity index (χ1n) is 3.72. The third-order valence-corrected chi connectivity index (χ3v) is 1.94. The van der Waals surface area contributed by atoms with E-state index in [0.717, 1.165) is 7.28 Å². The van der Waals surface area contributed by atoms with Crippen molar-refractivity contribution in [2.45, 2.75) is 31.5 Å². The fourth-order valence-electron chi connectivity index (χ4n) is 1.24. The van der Waals surface area contributed by atoms with Crippen molar-refractivity contribution in [2.24, 2.45) is 0 Å². The molecular weight excluding hydrogens is 131 g/mol. The summed E-state index contributed by atoms with van der Waals surface area (Å²) in [6, 6.07) is 0.146. The molecule has 0 radical (unpaired) electrons. The van der Waals surface area contributed by atoms with Crippen LogP contribution in [0, 0.1) is 0 Å². The number of rotatable bonds is 2. The van der Waals surface area contributed by atoms with E-state index in [9.17, 15) is 5.11 Å². The highest BCUT2D eigenvalue weighted by atomic mass is 16.5. The molecular formula is C6H13BO3. The summed E-state index contributed by atoms with van der Waals surface area (Å²) in [5.74, 6) is 0. The lowest BCUT2D eigenvalue weighted by molar-refractivity contribution is -0.00465. The maximum Gasteiger partial charge on any atom is 0.154 e. The van der Waals surface area contributed by atoms with Crippen LogP contribution in [0.25, 0.3) is 0 Å². The van der Waals surface area contributed by atoms with Gasteiger partial charge in [-0.2, -0.15) is 0 Å². The van der Waals surface area contributed by atoms with Gasteiger partial charge in [0, 0.05) is 6.00 Å². The average Bonchev–Trinajstić information content (AvgIpc) is 2.30. The highest BCUT2D eigenvalue weighted by Crippen LogP contribution is 2.18. The molecule has 0 aromatic heterocycles. The SMILES string of the molecule is CB[C@H]1C[C@@H](O)[C@@H](CO)O1. The summed E-state index contributed by atoms with van der Waals surface area (Å²) in [5.41, 5.74) is 0. The van der Waals surface area contributed by atoms with Crippen molar-refractivity contribution in [1.82, 2.24) is 0 Å². The van der Waals surface area contributed by atoms with Gasteiger partial charge in [0.05, 0.1) is 12.7 Å². The van der Waals surface area contributed by atoms with Crippen LogP contribution in [0.5, 0.6) is 0 Å². The molecule has 3 nitrogen and oxygen atoms in total. The van der Waals surface area contributed by atoms with Crippen LogP contribution < -0.4 is 0 Å². The van der Waals surface area contributed by atoms with Crippen molar-refractivity contribution in [3.05, 3.63) is 0 Å². The van der Waals surface area contributed by atoms with E-state index in [-0.39, 0.29) is 18.7 Å². The van der Waals surface area contributed by atoms with E-state index in [2.05, 4.69) is 0 Å². The summed E-state index contributed by atoms with van der Waals surface area (Å²) < 4.78 is 5.27. The van der Waals surface area contributed by atoms with E-state index < -0.39 is 6.10 Å². The minimum atomic E-state index is -0.463. The first-order valence-corrected chi connectivity index (χ1v) is 3.72. The first-order chi connectivity index (χ1) is 4.77. The Morgan fingerprint density at radius 1 is 1.70 bits per heavy atom. The third-order valence-electron chi connectivity index (χ3n) is 1.94. The number of aliphatic hydroxyl groups excluding tert-OH is 2. The maximum absolute atomic E-state index is 9.21. The van der Waals surface area contributed by atoms with Crippen molar-refractivity contribution in [1.29, 1.82) is 0 Å². The Bertz CT molecular complexity index is 109. The molecule has 0 bridgehead atoms. The lowest BCUT2D eigenvalue weighted by Gasteiger charge is -2.09.